The molecule has 4 amide bonds. The molecule has 500 valence electrons. The summed E-state index contributed by atoms with van der Waals surface area (Å²) in [5.74, 6) is -6.78. The molecule has 2 saturated heterocycles. The van der Waals surface area contributed by atoms with Gasteiger partial charge in [0.15, 0.2) is 12.2 Å². The van der Waals surface area contributed by atoms with Crippen LogP contribution in [-0.4, -0.2) is 273 Å². The zero-order valence-corrected chi connectivity index (χ0v) is 49.7. The molecule has 2 heterocycles. The Morgan fingerprint density at radius 1 is 0.517 bits per heavy atom. The summed E-state index contributed by atoms with van der Waals surface area (Å²) < 4.78 is 70.4. The van der Waals surface area contributed by atoms with Crippen LogP contribution >= 0.6 is 0 Å². The van der Waals surface area contributed by atoms with E-state index in [1.807, 2.05) is 0 Å². The first-order chi connectivity index (χ1) is 42.3. The van der Waals surface area contributed by atoms with E-state index in [4.69, 9.17) is 66.4 Å². The fourth-order valence-corrected chi connectivity index (χ4v) is 7.81. The van der Waals surface area contributed by atoms with Gasteiger partial charge in [0.05, 0.1) is 90.4 Å². The summed E-state index contributed by atoms with van der Waals surface area (Å²) in [5, 5.41) is 85.8. The number of carbonyl (C=O) groups is 8. The third-order valence-corrected chi connectivity index (χ3v) is 12.2. The van der Waals surface area contributed by atoms with E-state index in [1.165, 1.54) is 55.1 Å². The van der Waals surface area contributed by atoms with Crippen LogP contribution in [0.25, 0.3) is 0 Å². The van der Waals surface area contributed by atoms with Gasteiger partial charge in [-0.1, -0.05) is 12.1 Å². The first-order valence-electron chi connectivity index (χ1n) is 27.9. The van der Waals surface area contributed by atoms with Gasteiger partial charge in [-0.05, 0) is 56.2 Å². The molecule has 2 aromatic carbocycles. The van der Waals surface area contributed by atoms with Crippen LogP contribution in [0.1, 0.15) is 66.5 Å². The number of nitrogens with zero attached hydrogens (tertiary/aromatic N) is 1. The maximum atomic E-state index is 13.4. The molecule has 0 bridgehead atoms. The van der Waals surface area contributed by atoms with Gasteiger partial charge in [-0.3, -0.25) is 28.8 Å². The van der Waals surface area contributed by atoms with Crippen molar-refractivity contribution in [2.75, 3.05) is 112 Å². The number of nitrogens with one attached hydrogen (secondary N) is 3. The van der Waals surface area contributed by atoms with Gasteiger partial charge < -0.3 is 118 Å². The van der Waals surface area contributed by atoms with E-state index in [-0.39, 0.29) is 148 Å². The summed E-state index contributed by atoms with van der Waals surface area (Å²) in [6, 6.07) is 8.06. The van der Waals surface area contributed by atoms with E-state index in [9.17, 15) is 79.2 Å². The van der Waals surface area contributed by atoms with Crippen molar-refractivity contribution in [3.05, 3.63) is 58.7 Å². The molecule has 0 radical (unpaired) electrons. The minimum absolute atomic E-state index is 0.00604. The molecule has 89 heavy (non-hydrogen) atoms. The number of carboxylic acids is 2. The summed E-state index contributed by atoms with van der Waals surface area (Å²) in [5.41, 5.74) is 1.83. The summed E-state index contributed by atoms with van der Waals surface area (Å²) in [4.78, 5) is 104. The number of aliphatic hydroxyl groups excluding tert-OH is 6. The molecule has 0 spiro atoms. The highest BCUT2D eigenvalue weighted by molar-refractivity contribution is 5.97. The number of rotatable bonds is 39. The number of ether oxygens (including phenoxy) is 13. The van der Waals surface area contributed by atoms with Crippen molar-refractivity contribution in [2.24, 2.45) is 0 Å². The highest BCUT2D eigenvalue weighted by atomic mass is 16.7. The Balaban J connectivity index is 1.23. The fourth-order valence-electron chi connectivity index (χ4n) is 7.81. The monoisotopic (exact) mass is 1280 g/mol. The molecule has 0 unspecified atom stereocenters. The number of aliphatic hydroxyl groups is 6. The molecule has 34 nitrogen and oxygen atoms in total. The van der Waals surface area contributed by atoms with E-state index in [1.54, 1.807) is 20.8 Å². The smallest absolute Gasteiger partial charge is 0.431 e. The highest BCUT2D eigenvalue weighted by Crippen LogP contribution is 2.30. The fraction of sp³-hybridized carbons (Fsp3) is 0.636. The standard InChI is InChI=1S/C55H80N4O30/c1-31(60)82-28-33-6-8-37(85-52-44(67)40(63)42(65)46(87-52)50(71)72)35(26-33)48(69)56-10-14-76-18-20-78-16-12-59(39(62)30-81-23-22-80-24-25-84-58-54(75)89-55(3,4)5)13-17-79-21-19-77-15-11-57-49(70)36-27-34(29-83-32(2)61)7-9-38(36)86-53-45(68)41(64)43(66)47(88-53)51(73)74/h6-9,26-27,40-47,52-53,63-68H,10-25,28-30H2,1-5H3,(H,56,69)(H,57,70)(H,58,75)(H,71,72)(H,73,74)/t40-,41-,42-,43-,44+,45+,46-,47-,52+,53+/m0/s1. The molecular weight excluding hydrogens is 1200 g/mol. The molecule has 10 atom stereocenters. The Bertz CT molecular complexity index is 2450. The average Bonchev–Trinajstić information content (AvgIpc) is 1.39. The maximum absolute atomic E-state index is 13.4. The van der Waals surface area contributed by atoms with Crippen molar-refractivity contribution in [3.8, 4) is 11.5 Å². The van der Waals surface area contributed by atoms with Gasteiger partial charge in [0.1, 0.15) is 73.5 Å². The van der Waals surface area contributed by atoms with E-state index in [2.05, 4.69) is 16.1 Å². The third-order valence-electron chi connectivity index (χ3n) is 12.2. The van der Waals surface area contributed by atoms with E-state index < -0.39 is 115 Å². The van der Waals surface area contributed by atoms with Gasteiger partial charge >= 0.3 is 30.0 Å². The van der Waals surface area contributed by atoms with Crippen LogP contribution < -0.4 is 25.6 Å². The van der Waals surface area contributed by atoms with Gasteiger partial charge in [0, 0.05) is 40.0 Å². The molecule has 2 aliphatic rings. The first-order valence-corrected chi connectivity index (χ1v) is 27.9. The molecule has 2 aliphatic heterocycles. The predicted molar refractivity (Wildman–Crippen MR) is 295 cm³/mol. The van der Waals surface area contributed by atoms with Crippen molar-refractivity contribution in [2.45, 2.75) is 115 Å². The molecule has 4 rings (SSSR count). The Morgan fingerprint density at radius 3 is 1.31 bits per heavy atom. The van der Waals surface area contributed by atoms with Gasteiger partial charge in [-0.15, -0.1) is 0 Å². The number of hydrogen-bond acceptors (Lipinski definition) is 28. The van der Waals surface area contributed by atoms with Gasteiger partial charge in [0.25, 0.3) is 11.8 Å². The van der Waals surface area contributed by atoms with Gasteiger partial charge in [0.2, 0.25) is 18.5 Å². The van der Waals surface area contributed by atoms with Gasteiger partial charge in [-0.2, -0.15) is 5.48 Å². The number of amides is 4. The molecule has 34 heteroatoms. The van der Waals surface area contributed by atoms with Crippen molar-refractivity contribution >= 4 is 47.7 Å². The normalized spacial score (nSPS) is 21.6. The second kappa shape index (κ2) is 38.5. The Kier molecular flexibility index (Phi) is 32.2. The van der Waals surface area contributed by atoms with Crippen LogP contribution in [0.15, 0.2) is 36.4 Å². The Morgan fingerprint density at radius 2 is 0.910 bits per heavy atom. The van der Waals surface area contributed by atoms with Crippen LogP contribution in [0, 0.1) is 0 Å². The molecule has 2 aromatic rings. The van der Waals surface area contributed by atoms with Crippen LogP contribution in [-0.2, 0) is 94.1 Å². The molecule has 0 aliphatic carbocycles. The number of carbonyl (C=O) groups excluding carboxylic acids is 6. The van der Waals surface area contributed by atoms with Crippen LogP contribution in [0.2, 0.25) is 0 Å². The molecule has 0 aromatic heterocycles. The lowest BCUT2D eigenvalue weighted by Gasteiger charge is -2.38. The second-order valence-corrected chi connectivity index (χ2v) is 20.4. The number of aliphatic carboxylic acids is 2. The zero-order chi connectivity index (χ0) is 65.6. The highest BCUT2D eigenvalue weighted by Gasteiger charge is 2.49. The lowest BCUT2D eigenvalue weighted by atomic mass is 9.99. The number of hydroxylamine groups is 1. The minimum atomic E-state index is -1.99. The summed E-state index contributed by atoms with van der Waals surface area (Å²) >= 11 is 0. The summed E-state index contributed by atoms with van der Waals surface area (Å²) in [7, 11) is 0. The Hall–Kier alpha value is -7.00. The number of carboxylic acid groups (broad SMARTS) is 2. The molecule has 11 N–H and O–H groups in total. The van der Waals surface area contributed by atoms with Crippen molar-refractivity contribution in [1.82, 2.24) is 21.0 Å². The number of hydrogen-bond donors (Lipinski definition) is 11. The van der Waals surface area contributed by atoms with Crippen molar-refractivity contribution in [1.29, 1.82) is 0 Å². The quantitative estimate of drug-likeness (QED) is 0.0137. The van der Waals surface area contributed by atoms with E-state index in [0.29, 0.717) is 11.1 Å². The average molecular weight is 1280 g/mol. The SMILES string of the molecule is CC(=O)OCc1ccc(O[C@@H]2O[C@H](C(=O)O)[C@@H](O)[C@H](O)[C@H]2O)c(C(=O)NCCOCCOCCN(CCOCCOCCNC(=O)c2cc(COC(C)=O)ccc2O[C@@H]2O[C@H](C(=O)O)[C@@H](O)[C@H](O)[C@H]2O)C(=O)COCCOCCONC(=O)OC(C)(C)C)c1. The van der Waals surface area contributed by atoms with Gasteiger partial charge in [-0.25, -0.2) is 14.4 Å². The van der Waals surface area contributed by atoms with E-state index in [0.717, 1.165) is 0 Å². The predicted octanol–water partition coefficient (Wildman–Crippen LogP) is -3.10. The largest absolute Gasteiger partial charge is 0.479 e. The number of esters is 2. The second-order valence-electron chi connectivity index (χ2n) is 20.4. The zero-order valence-electron chi connectivity index (χ0n) is 49.7. The first kappa shape index (κ1) is 74.5. The molecule has 2 fully saturated rings. The van der Waals surface area contributed by atoms with Crippen molar-refractivity contribution in [3.63, 3.8) is 0 Å². The van der Waals surface area contributed by atoms with Crippen LogP contribution in [0.4, 0.5) is 4.79 Å². The minimum Gasteiger partial charge on any atom is -0.479 e. The molecular formula is C55H80N4O30. The summed E-state index contributed by atoms with van der Waals surface area (Å²) in [6.07, 6.45) is -20.1. The Labute approximate surface area is 510 Å². The maximum Gasteiger partial charge on any atom is 0.431 e. The molecule has 0 saturated carbocycles. The topological polar surface area (TPSA) is 467 Å². The van der Waals surface area contributed by atoms with Crippen LogP contribution in [0.3, 0.4) is 0 Å². The lowest BCUT2D eigenvalue weighted by Crippen LogP contribution is -2.61. The number of benzene rings is 2. The lowest BCUT2D eigenvalue weighted by molar-refractivity contribution is -0.271. The van der Waals surface area contributed by atoms with Crippen molar-refractivity contribution < 1.29 is 146 Å². The van der Waals surface area contributed by atoms with E-state index >= 15 is 0 Å². The summed E-state index contributed by atoms with van der Waals surface area (Å²) in [6.45, 7) is 7.31. The third kappa shape index (κ3) is 26.5. The van der Waals surface area contributed by atoms with Crippen LogP contribution in [0.5, 0.6) is 11.5 Å².